The van der Waals surface area contributed by atoms with Gasteiger partial charge in [0, 0.05) is 27.5 Å². The Morgan fingerprint density at radius 1 is 1.14 bits per heavy atom. The second-order valence-electron chi connectivity index (χ2n) is 7.84. The maximum atomic E-state index is 12.7. The van der Waals surface area contributed by atoms with Crippen molar-refractivity contribution in [1.82, 2.24) is 19.7 Å². The summed E-state index contributed by atoms with van der Waals surface area (Å²) in [6.45, 7) is 2.02. The molecule has 0 spiro atoms. The van der Waals surface area contributed by atoms with E-state index in [0.29, 0.717) is 38.3 Å². The zero-order chi connectivity index (χ0) is 25.1. The van der Waals surface area contributed by atoms with Crippen molar-refractivity contribution in [3.05, 3.63) is 93.1 Å². The highest BCUT2D eigenvalue weighted by molar-refractivity contribution is 7.99. The number of hydrogen-bond donors (Lipinski definition) is 1. The first kappa shape index (κ1) is 24.6. The molecule has 2 aromatic carbocycles. The highest BCUT2D eigenvalue weighted by Gasteiger charge is 2.19. The molecule has 0 radical (unpaired) electrons. The molecule has 0 aliphatic carbocycles. The van der Waals surface area contributed by atoms with Gasteiger partial charge in [0.25, 0.3) is 0 Å². The number of nitrogens with zero attached hydrogens (tertiary/aromatic N) is 4. The topological polar surface area (TPSA) is 85.8 Å². The smallest absolute Gasteiger partial charge is 0.236 e. The molecule has 0 saturated heterocycles. The minimum Gasteiger partial charge on any atom is -0.461 e. The van der Waals surface area contributed by atoms with Crippen LogP contribution in [-0.2, 0) is 11.2 Å². The van der Waals surface area contributed by atoms with Gasteiger partial charge in [-0.2, -0.15) is 0 Å². The van der Waals surface area contributed by atoms with Crippen molar-refractivity contribution in [2.75, 3.05) is 11.1 Å². The lowest BCUT2D eigenvalue weighted by Gasteiger charge is -2.10. The maximum absolute atomic E-state index is 12.7. The molecule has 0 aliphatic rings. The number of hydrogen-bond acceptors (Lipinski definition) is 7. The third-order valence-electron chi connectivity index (χ3n) is 5.15. The molecule has 36 heavy (non-hydrogen) atoms. The fourth-order valence-electron chi connectivity index (χ4n) is 3.51. The molecule has 1 amide bonds. The summed E-state index contributed by atoms with van der Waals surface area (Å²) in [5.74, 6) is 1.11. The van der Waals surface area contributed by atoms with Gasteiger partial charge in [-0.05, 0) is 54.4 Å². The van der Waals surface area contributed by atoms with Crippen molar-refractivity contribution in [2.45, 2.75) is 18.5 Å². The monoisotopic (exact) mass is 555 g/mol. The number of anilines is 1. The summed E-state index contributed by atoms with van der Waals surface area (Å²) >= 11 is 14.9. The summed E-state index contributed by atoms with van der Waals surface area (Å²) in [6, 6.07) is 17.0. The largest absolute Gasteiger partial charge is 0.461 e. The van der Waals surface area contributed by atoms with Crippen LogP contribution in [0.3, 0.4) is 0 Å². The molecule has 0 saturated carbocycles. The van der Waals surface area contributed by atoms with Gasteiger partial charge in [-0.3, -0.25) is 9.36 Å². The lowest BCUT2D eigenvalue weighted by molar-refractivity contribution is -0.113. The van der Waals surface area contributed by atoms with Crippen LogP contribution in [0.4, 0.5) is 5.13 Å². The van der Waals surface area contributed by atoms with Crippen LogP contribution in [0.1, 0.15) is 16.0 Å². The molecule has 0 bridgehead atoms. The summed E-state index contributed by atoms with van der Waals surface area (Å²) in [6.07, 6.45) is 3.93. The van der Waals surface area contributed by atoms with Gasteiger partial charge in [-0.25, -0.2) is 4.98 Å². The van der Waals surface area contributed by atoms with Crippen LogP contribution in [0, 0.1) is 6.92 Å². The molecule has 1 N–H and O–H groups in total. The van der Waals surface area contributed by atoms with Gasteiger partial charge < -0.3 is 9.73 Å². The first-order valence-corrected chi connectivity index (χ1v) is 13.4. The minimum atomic E-state index is -0.191. The van der Waals surface area contributed by atoms with Crippen LogP contribution >= 0.6 is 46.3 Å². The molecule has 0 unspecified atom stereocenters. The van der Waals surface area contributed by atoms with E-state index in [4.69, 9.17) is 27.6 Å². The molecule has 3 heterocycles. The fraction of sp³-hybridized carbons (Fsp3) is 0.120. The van der Waals surface area contributed by atoms with E-state index in [1.165, 1.54) is 23.1 Å². The average Bonchev–Trinajstić information content (AvgIpc) is 3.60. The number of rotatable bonds is 8. The summed E-state index contributed by atoms with van der Waals surface area (Å²) in [5.41, 5.74) is 2.93. The van der Waals surface area contributed by atoms with Crippen molar-refractivity contribution < 1.29 is 9.21 Å². The van der Waals surface area contributed by atoms with Crippen LogP contribution in [0.5, 0.6) is 0 Å². The number of aryl methyl sites for hydroxylation is 1. The molecule has 182 valence electrons. The third kappa shape index (κ3) is 5.65. The number of aromatic nitrogens is 4. The normalized spacial score (nSPS) is 11.1. The standard InChI is InChI=1S/C25H19Cl2N5O2S2/c1-15-4-2-5-18(10-15)32-23(21-6-3-9-34-21)30-31-25(32)35-14-22(33)29-24-28-13-19(36-24)11-16-7-8-17(26)12-20(16)27/h2-10,12-13H,11,14H2,1H3,(H,28,29,33). The lowest BCUT2D eigenvalue weighted by atomic mass is 10.1. The minimum absolute atomic E-state index is 0.139. The van der Waals surface area contributed by atoms with E-state index in [0.717, 1.165) is 21.7 Å². The van der Waals surface area contributed by atoms with E-state index < -0.39 is 0 Å². The predicted molar refractivity (Wildman–Crippen MR) is 145 cm³/mol. The number of benzene rings is 2. The molecule has 3 aromatic heterocycles. The van der Waals surface area contributed by atoms with Gasteiger partial charge in [0.05, 0.1) is 17.7 Å². The van der Waals surface area contributed by atoms with Crippen LogP contribution in [0.15, 0.2) is 76.6 Å². The molecule has 5 aromatic rings. The van der Waals surface area contributed by atoms with Crippen molar-refractivity contribution in [3.63, 3.8) is 0 Å². The number of amides is 1. The average molecular weight is 557 g/mol. The number of carbonyl (C=O) groups is 1. The Kier molecular flexibility index (Phi) is 7.43. The Hall–Kier alpha value is -3.11. The van der Waals surface area contributed by atoms with E-state index in [9.17, 15) is 4.79 Å². The SMILES string of the molecule is Cc1cccc(-n2c(SCC(=O)Nc3ncc(Cc4ccc(Cl)cc4Cl)s3)nnc2-c2ccco2)c1. The van der Waals surface area contributed by atoms with Gasteiger partial charge in [-0.1, -0.05) is 53.2 Å². The van der Waals surface area contributed by atoms with E-state index in [1.54, 1.807) is 30.7 Å². The van der Waals surface area contributed by atoms with Crippen molar-refractivity contribution in [2.24, 2.45) is 0 Å². The highest BCUT2D eigenvalue weighted by atomic mass is 35.5. The highest BCUT2D eigenvalue weighted by Crippen LogP contribution is 2.30. The number of thiazole rings is 1. The number of nitrogens with one attached hydrogen (secondary N) is 1. The summed E-state index contributed by atoms with van der Waals surface area (Å²) < 4.78 is 7.44. The molecule has 11 heteroatoms. The predicted octanol–water partition coefficient (Wildman–Crippen LogP) is 6.92. The lowest BCUT2D eigenvalue weighted by Crippen LogP contribution is -2.14. The van der Waals surface area contributed by atoms with Crippen LogP contribution in [0.2, 0.25) is 10.0 Å². The van der Waals surface area contributed by atoms with Crippen LogP contribution in [0.25, 0.3) is 17.3 Å². The molecular weight excluding hydrogens is 537 g/mol. The van der Waals surface area contributed by atoms with Crippen molar-refractivity contribution in [3.8, 4) is 17.3 Å². The Bertz CT molecular complexity index is 1510. The molecule has 5 rings (SSSR count). The Balaban J connectivity index is 1.27. The molecular formula is C25H19Cl2N5O2S2. The molecule has 7 nitrogen and oxygen atoms in total. The van der Waals surface area contributed by atoms with Crippen molar-refractivity contribution in [1.29, 1.82) is 0 Å². The van der Waals surface area contributed by atoms with E-state index in [1.807, 2.05) is 47.9 Å². The van der Waals surface area contributed by atoms with E-state index in [-0.39, 0.29) is 11.7 Å². The van der Waals surface area contributed by atoms with Gasteiger partial charge >= 0.3 is 0 Å². The Morgan fingerprint density at radius 3 is 2.81 bits per heavy atom. The third-order valence-corrected chi connectivity index (χ3v) is 7.58. The number of carbonyl (C=O) groups excluding carboxylic acids is 1. The zero-order valence-electron chi connectivity index (χ0n) is 18.9. The first-order valence-electron chi connectivity index (χ1n) is 10.8. The zero-order valence-corrected chi connectivity index (χ0v) is 22.1. The Morgan fingerprint density at radius 2 is 2.03 bits per heavy atom. The molecule has 0 fully saturated rings. The number of thioether (sulfide) groups is 1. The van der Waals surface area contributed by atoms with E-state index >= 15 is 0 Å². The summed E-state index contributed by atoms with van der Waals surface area (Å²) in [5, 5.41) is 13.8. The number of halogens is 2. The Labute approximate surface area is 225 Å². The molecule has 0 atom stereocenters. The number of furan rings is 1. The maximum Gasteiger partial charge on any atom is 0.236 e. The second kappa shape index (κ2) is 10.9. The fourth-order valence-corrected chi connectivity index (χ4v) is 5.59. The van der Waals surface area contributed by atoms with Crippen LogP contribution < -0.4 is 5.32 Å². The van der Waals surface area contributed by atoms with Crippen LogP contribution in [-0.4, -0.2) is 31.4 Å². The summed E-state index contributed by atoms with van der Waals surface area (Å²) in [4.78, 5) is 18.0. The van der Waals surface area contributed by atoms with Gasteiger partial charge in [-0.15, -0.1) is 21.5 Å². The van der Waals surface area contributed by atoms with Gasteiger partial charge in [0.15, 0.2) is 16.0 Å². The summed E-state index contributed by atoms with van der Waals surface area (Å²) in [7, 11) is 0. The second-order valence-corrected chi connectivity index (χ2v) is 10.7. The quantitative estimate of drug-likeness (QED) is 0.209. The van der Waals surface area contributed by atoms with E-state index in [2.05, 4.69) is 20.5 Å². The first-order chi connectivity index (χ1) is 17.5. The molecule has 0 aliphatic heterocycles. The van der Waals surface area contributed by atoms with Crippen molar-refractivity contribution >= 4 is 57.3 Å². The van der Waals surface area contributed by atoms with Gasteiger partial charge in [0.2, 0.25) is 11.7 Å². The van der Waals surface area contributed by atoms with Gasteiger partial charge in [0.1, 0.15) is 0 Å².